The quantitative estimate of drug-likeness (QED) is 0.756. The number of ether oxygens (including phenoxy) is 2. The van der Waals surface area contributed by atoms with Crippen LogP contribution >= 0.6 is 0 Å². The zero-order valence-corrected chi connectivity index (χ0v) is 17.7. The lowest BCUT2D eigenvalue weighted by Gasteiger charge is -2.63. The van der Waals surface area contributed by atoms with Crippen LogP contribution < -0.4 is 4.74 Å². The van der Waals surface area contributed by atoms with Gasteiger partial charge in [0.1, 0.15) is 5.75 Å². The topological polar surface area (TPSA) is 62.3 Å². The van der Waals surface area contributed by atoms with E-state index < -0.39 is 0 Å². The number of hydrogen-bond acceptors (Lipinski definition) is 5. The number of fused-ring (bicyclic) bond motifs is 2. The average molecular weight is 421 g/mol. The molecule has 162 valence electrons. The van der Waals surface area contributed by atoms with Gasteiger partial charge in [0.15, 0.2) is 0 Å². The number of likely N-dealkylation sites (tertiary alicyclic amines) is 1. The van der Waals surface area contributed by atoms with E-state index in [1.807, 2.05) is 64.4 Å². The second-order valence-electron chi connectivity index (χ2n) is 8.59. The highest BCUT2D eigenvalue weighted by Crippen LogP contribution is 2.37. The first kappa shape index (κ1) is 20.0. The largest absolute Gasteiger partial charge is 0.497 e. The summed E-state index contributed by atoms with van der Waals surface area (Å²) in [5.74, 6) is 0.794. The molecule has 3 aliphatic heterocycles. The first-order valence-corrected chi connectivity index (χ1v) is 10.7. The Bertz CT molecular complexity index is 957. The minimum absolute atomic E-state index is 0.0140. The summed E-state index contributed by atoms with van der Waals surface area (Å²) in [4.78, 5) is 32.5. The van der Waals surface area contributed by atoms with Gasteiger partial charge in [0.05, 0.1) is 31.9 Å². The van der Waals surface area contributed by atoms with Crippen LogP contribution in [0, 0.1) is 0 Å². The van der Waals surface area contributed by atoms with E-state index in [1.165, 1.54) is 0 Å². The molecule has 0 radical (unpaired) electrons. The SMILES string of the molecule is COc1ccc(C(=O)N2CC3COCCN3C3(C2)CN(C(=O)c2ccccc2)C3)cc1. The van der Waals surface area contributed by atoms with Crippen molar-refractivity contribution in [2.45, 2.75) is 11.6 Å². The fourth-order valence-electron chi connectivity index (χ4n) is 5.12. The number of amides is 2. The summed E-state index contributed by atoms with van der Waals surface area (Å²) in [5.41, 5.74) is 1.15. The van der Waals surface area contributed by atoms with E-state index in [0.29, 0.717) is 50.5 Å². The Balaban J connectivity index is 1.35. The molecular weight excluding hydrogens is 394 g/mol. The van der Waals surface area contributed by atoms with E-state index in [4.69, 9.17) is 9.47 Å². The summed E-state index contributed by atoms with van der Waals surface area (Å²) in [5, 5.41) is 0. The summed E-state index contributed by atoms with van der Waals surface area (Å²) in [6, 6.07) is 16.8. The number of benzene rings is 2. The van der Waals surface area contributed by atoms with Crippen molar-refractivity contribution in [3.63, 3.8) is 0 Å². The predicted molar refractivity (Wildman–Crippen MR) is 115 cm³/mol. The summed E-state index contributed by atoms with van der Waals surface area (Å²) >= 11 is 0. The van der Waals surface area contributed by atoms with Crippen LogP contribution in [0.2, 0.25) is 0 Å². The fourth-order valence-corrected chi connectivity index (χ4v) is 5.12. The maximum Gasteiger partial charge on any atom is 0.253 e. The Morgan fingerprint density at radius 2 is 1.58 bits per heavy atom. The Labute approximate surface area is 182 Å². The zero-order chi connectivity index (χ0) is 21.4. The van der Waals surface area contributed by atoms with E-state index in [9.17, 15) is 9.59 Å². The lowest BCUT2D eigenvalue weighted by molar-refractivity contribution is -0.148. The van der Waals surface area contributed by atoms with Crippen LogP contribution in [0.15, 0.2) is 54.6 Å². The summed E-state index contributed by atoms with van der Waals surface area (Å²) in [7, 11) is 1.61. The molecule has 5 rings (SSSR count). The Hall–Kier alpha value is -2.90. The van der Waals surface area contributed by atoms with Gasteiger partial charge < -0.3 is 19.3 Å². The molecule has 0 saturated carbocycles. The van der Waals surface area contributed by atoms with Gasteiger partial charge in [-0.15, -0.1) is 0 Å². The lowest BCUT2D eigenvalue weighted by Crippen LogP contribution is -2.81. The third-order valence-corrected chi connectivity index (χ3v) is 6.66. The van der Waals surface area contributed by atoms with Gasteiger partial charge in [0.25, 0.3) is 11.8 Å². The maximum atomic E-state index is 13.3. The Morgan fingerprint density at radius 1 is 0.935 bits per heavy atom. The molecule has 2 aromatic carbocycles. The molecule has 7 heteroatoms. The van der Waals surface area contributed by atoms with Crippen molar-refractivity contribution in [1.29, 1.82) is 0 Å². The molecule has 3 aliphatic rings. The van der Waals surface area contributed by atoms with Crippen molar-refractivity contribution < 1.29 is 19.1 Å². The van der Waals surface area contributed by atoms with Crippen LogP contribution in [0.3, 0.4) is 0 Å². The zero-order valence-electron chi connectivity index (χ0n) is 17.7. The first-order chi connectivity index (χ1) is 15.1. The molecule has 1 atom stereocenters. The van der Waals surface area contributed by atoms with Crippen LogP contribution in [-0.2, 0) is 4.74 Å². The van der Waals surface area contributed by atoms with Crippen molar-refractivity contribution in [1.82, 2.24) is 14.7 Å². The smallest absolute Gasteiger partial charge is 0.253 e. The molecule has 3 fully saturated rings. The van der Waals surface area contributed by atoms with E-state index in [2.05, 4.69) is 4.90 Å². The molecule has 3 saturated heterocycles. The number of carbonyl (C=O) groups is 2. The number of nitrogens with zero attached hydrogens (tertiary/aromatic N) is 3. The minimum atomic E-state index is -0.209. The van der Waals surface area contributed by atoms with Crippen molar-refractivity contribution in [3.8, 4) is 5.75 Å². The first-order valence-electron chi connectivity index (χ1n) is 10.7. The van der Waals surface area contributed by atoms with Crippen molar-refractivity contribution in [2.24, 2.45) is 0 Å². The van der Waals surface area contributed by atoms with Gasteiger partial charge >= 0.3 is 0 Å². The average Bonchev–Trinajstić information content (AvgIpc) is 2.81. The number of morpholine rings is 1. The van der Waals surface area contributed by atoms with Gasteiger partial charge in [-0.25, -0.2) is 0 Å². The molecule has 0 aliphatic carbocycles. The van der Waals surface area contributed by atoms with Gasteiger partial charge in [0.2, 0.25) is 0 Å². The molecule has 1 spiro atoms. The van der Waals surface area contributed by atoms with Gasteiger partial charge in [0, 0.05) is 43.9 Å². The van der Waals surface area contributed by atoms with E-state index >= 15 is 0 Å². The molecule has 0 aromatic heterocycles. The van der Waals surface area contributed by atoms with E-state index in [-0.39, 0.29) is 23.4 Å². The number of hydrogen-bond donors (Lipinski definition) is 0. The summed E-state index contributed by atoms with van der Waals surface area (Å²) in [6.45, 7) is 4.65. The van der Waals surface area contributed by atoms with E-state index in [1.54, 1.807) is 7.11 Å². The number of carbonyl (C=O) groups excluding carboxylic acids is 2. The molecule has 0 N–H and O–H groups in total. The van der Waals surface area contributed by atoms with E-state index in [0.717, 1.165) is 12.3 Å². The van der Waals surface area contributed by atoms with Crippen LogP contribution in [-0.4, -0.2) is 91.1 Å². The highest BCUT2D eigenvalue weighted by Gasteiger charge is 2.56. The van der Waals surface area contributed by atoms with Crippen LogP contribution in [0.4, 0.5) is 0 Å². The monoisotopic (exact) mass is 421 g/mol. The van der Waals surface area contributed by atoms with Crippen LogP contribution in [0.5, 0.6) is 5.75 Å². The van der Waals surface area contributed by atoms with Gasteiger partial charge in [-0.2, -0.15) is 0 Å². The number of rotatable bonds is 3. The molecule has 2 aromatic rings. The third-order valence-electron chi connectivity index (χ3n) is 6.66. The van der Waals surface area contributed by atoms with Crippen LogP contribution in [0.1, 0.15) is 20.7 Å². The Morgan fingerprint density at radius 3 is 2.29 bits per heavy atom. The lowest BCUT2D eigenvalue weighted by atomic mass is 9.82. The van der Waals surface area contributed by atoms with Crippen LogP contribution in [0.25, 0.3) is 0 Å². The molecule has 0 bridgehead atoms. The third kappa shape index (κ3) is 3.58. The van der Waals surface area contributed by atoms with Crippen molar-refractivity contribution in [2.75, 3.05) is 53.0 Å². The Kier molecular flexibility index (Phi) is 5.16. The molecule has 31 heavy (non-hydrogen) atoms. The van der Waals surface area contributed by atoms with Gasteiger partial charge in [-0.1, -0.05) is 18.2 Å². The normalized spacial score (nSPS) is 22.5. The van der Waals surface area contributed by atoms with Gasteiger partial charge in [-0.3, -0.25) is 14.5 Å². The summed E-state index contributed by atoms with van der Waals surface area (Å²) in [6.07, 6.45) is 0. The molecular formula is C24H27N3O4. The maximum absolute atomic E-state index is 13.3. The molecule has 2 amide bonds. The molecule has 1 unspecified atom stereocenters. The second-order valence-corrected chi connectivity index (χ2v) is 8.59. The summed E-state index contributed by atoms with van der Waals surface area (Å²) < 4.78 is 10.9. The standard InChI is InChI=1S/C24H27N3O4/c1-30-21-9-7-19(8-10-21)22(28)25-13-20-14-31-12-11-27(20)24(15-25)16-26(17-24)23(29)18-5-3-2-4-6-18/h2-10,20H,11-17H2,1H3. The highest BCUT2D eigenvalue weighted by atomic mass is 16.5. The fraction of sp³-hybridized carbons (Fsp3) is 0.417. The minimum Gasteiger partial charge on any atom is -0.497 e. The predicted octanol–water partition coefficient (Wildman–Crippen LogP) is 1.75. The molecule has 3 heterocycles. The number of piperazine rings is 1. The second kappa shape index (κ2) is 7.98. The highest BCUT2D eigenvalue weighted by molar-refractivity contribution is 5.96. The van der Waals surface area contributed by atoms with Gasteiger partial charge in [-0.05, 0) is 36.4 Å². The van der Waals surface area contributed by atoms with Crippen molar-refractivity contribution >= 4 is 11.8 Å². The number of methoxy groups -OCH3 is 1. The van der Waals surface area contributed by atoms with Crippen molar-refractivity contribution in [3.05, 3.63) is 65.7 Å². The molecule has 7 nitrogen and oxygen atoms in total.